The molecule has 3 aliphatic rings. The number of nitrogens with one attached hydrogen (secondary N) is 1. The fourth-order valence-electron chi connectivity index (χ4n) is 3.14. The number of piperidine rings is 1. The van der Waals surface area contributed by atoms with Crippen LogP contribution in [0.5, 0.6) is 0 Å². The van der Waals surface area contributed by atoms with Crippen LogP contribution < -0.4 is 5.32 Å². The van der Waals surface area contributed by atoms with Crippen molar-refractivity contribution in [3.63, 3.8) is 0 Å². The van der Waals surface area contributed by atoms with Gasteiger partial charge in [0.25, 0.3) is 0 Å². The first-order chi connectivity index (χ1) is 8.34. The fourth-order valence-corrected chi connectivity index (χ4v) is 3.14. The molecule has 1 aliphatic carbocycles. The van der Waals surface area contributed by atoms with Gasteiger partial charge in [0.1, 0.15) is 6.61 Å². The van der Waals surface area contributed by atoms with E-state index < -0.39 is 0 Å². The first kappa shape index (κ1) is 11.5. The second kappa shape index (κ2) is 4.94. The zero-order valence-corrected chi connectivity index (χ0v) is 10.4. The third kappa shape index (κ3) is 2.33. The van der Waals surface area contributed by atoms with Gasteiger partial charge in [0, 0.05) is 19.1 Å². The lowest BCUT2D eigenvalue weighted by Crippen LogP contribution is -2.56. The second-order valence-electron chi connectivity index (χ2n) is 5.59. The summed E-state index contributed by atoms with van der Waals surface area (Å²) in [6.07, 6.45) is 6.42. The highest BCUT2D eigenvalue weighted by Crippen LogP contribution is 2.29. The molecule has 0 aromatic rings. The molecule has 2 saturated heterocycles. The van der Waals surface area contributed by atoms with Crippen molar-refractivity contribution in [3.8, 4) is 0 Å². The summed E-state index contributed by atoms with van der Waals surface area (Å²) in [5, 5.41) is 3.43. The van der Waals surface area contributed by atoms with E-state index in [-0.39, 0.29) is 12.0 Å². The smallest absolute Gasteiger partial charge is 0.248 e. The number of morpholine rings is 1. The van der Waals surface area contributed by atoms with Gasteiger partial charge >= 0.3 is 0 Å². The molecule has 17 heavy (non-hydrogen) atoms. The summed E-state index contributed by atoms with van der Waals surface area (Å²) in [4.78, 5) is 13.9. The first-order valence-electron chi connectivity index (χ1n) is 6.96. The third-order valence-corrected chi connectivity index (χ3v) is 4.49. The maximum Gasteiger partial charge on any atom is 0.248 e. The summed E-state index contributed by atoms with van der Waals surface area (Å²) < 4.78 is 5.75. The zero-order valence-electron chi connectivity index (χ0n) is 10.4. The SMILES string of the molecule is O=C1COC(C2CCCNC2)CN1C1CCC1. The van der Waals surface area contributed by atoms with Gasteiger partial charge in [-0.2, -0.15) is 0 Å². The number of rotatable bonds is 2. The molecule has 0 aromatic heterocycles. The van der Waals surface area contributed by atoms with E-state index in [1.165, 1.54) is 32.1 Å². The van der Waals surface area contributed by atoms with Crippen LogP contribution >= 0.6 is 0 Å². The molecule has 0 spiro atoms. The number of nitrogens with zero attached hydrogens (tertiary/aromatic N) is 1. The van der Waals surface area contributed by atoms with E-state index in [0.717, 1.165) is 19.6 Å². The molecule has 2 unspecified atom stereocenters. The predicted molar refractivity (Wildman–Crippen MR) is 64.7 cm³/mol. The Morgan fingerprint density at radius 2 is 2.12 bits per heavy atom. The fraction of sp³-hybridized carbons (Fsp3) is 0.923. The maximum absolute atomic E-state index is 11.8. The predicted octanol–water partition coefficient (Wildman–Crippen LogP) is 0.766. The van der Waals surface area contributed by atoms with E-state index in [1.54, 1.807) is 0 Å². The average molecular weight is 238 g/mol. The van der Waals surface area contributed by atoms with Crippen LogP contribution in [0.25, 0.3) is 0 Å². The van der Waals surface area contributed by atoms with Crippen LogP contribution in [-0.2, 0) is 9.53 Å². The van der Waals surface area contributed by atoms with Gasteiger partial charge < -0.3 is 15.0 Å². The van der Waals surface area contributed by atoms with Gasteiger partial charge in [0.05, 0.1) is 6.10 Å². The van der Waals surface area contributed by atoms with Crippen LogP contribution in [0, 0.1) is 5.92 Å². The molecule has 96 valence electrons. The lowest BCUT2D eigenvalue weighted by atomic mass is 9.88. The quantitative estimate of drug-likeness (QED) is 0.772. The van der Waals surface area contributed by atoms with E-state index in [2.05, 4.69) is 10.2 Å². The molecule has 1 saturated carbocycles. The van der Waals surface area contributed by atoms with E-state index >= 15 is 0 Å². The number of carbonyl (C=O) groups is 1. The molecule has 0 bridgehead atoms. The first-order valence-corrected chi connectivity index (χ1v) is 6.96. The molecule has 1 amide bonds. The van der Waals surface area contributed by atoms with Crippen LogP contribution in [0.4, 0.5) is 0 Å². The molecule has 4 nitrogen and oxygen atoms in total. The lowest BCUT2D eigenvalue weighted by Gasteiger charge is -2.44. The van der Waals surface area contributed by atoms with Gasteiger partial charge in [-0.05, 0) is 44.6 Å². The lowest BCUT2D eigenvalue weighted by molar-refractivity contribution is -0.158. The minimum absolute atomic E-state index is 0.203. The second-order valence-corrected chi connectivity index (χ2v) is 5.59. The van der Waals surface area contributed by atoms with Gasteiger partial charge in [-0.25, -0.2) is 0 Å². The number of carbonyl (C=O) groups excluding carboxylic acids is 1. The summed E-state index contributed by atoms with van der Waals surface area (Å²) in [7, 11) is 0. The highest BCUT2D eigenvalue weighted by molar-refractivity contribution is 5.78. The normalized spacial score (nSPS) is 35.8. The van der Waals surface area contributed by atoms with Crippen LogP contribution in [-0.4, -0.2) is 49.2 Å². The van der Waals surface area contributed by atoms with Crippen molar-refractivity contribution in [3.05, 3.63) is 0 Å². The van der Waals surface area contributed by atoms with Crippen molar-refractivity contribution in [2.45, 2.75) is 44.2 Å². The molecule has 3 rings (SSSR count). The van der Waals surface area contributed by atoms with Crippen LogP contribution in [0.1, 0.15) is 32.1 Å². The summed E-state index contributed by atoms with van der Waals surface area (Å²) >= 11 is 0. The number of amides is 1. The Hall–Kier alpha value is -0.610. The van der Waals surface area contributed by atoms with E-state index in [9.17, 15) is 4.79 Å². The Kier molecular flexibility index (Phi) is 3.34. The zero-order chi connectivity index (χ0) is 11.7. The monoisotopic (exact) mass is 238 g/mol. The Labute approximate surface area is 103 Å². The van der Waals surface area contributed by atoms with Crippen molar-refractivity contribution >= 4 is 5.91 Å². The van der Waals surface area contributed by atoms with Crippen molar-refractivity contribution < 1.29 is 9.53 Å². The molecular weight excluding hydrogens is 216 g/mol. The van der Waals surface area contributed by atoms with Gasteiger partial charge in [0.15, 0.2) is 0 Å². The highest BCUT2D eigenvalue weighted by Gasteiger charge is 2.37. The average Bonchev–Trinajstić information content (AvgIpc) is 2.31. The maximum atomic E-state index is 11.8. The largest absolute Gasteiger partial charge is 0.366 e. The van der Waals surface area contributed by atoms with Gasteiger partial charge in [-0.15, -0.1) is 0 Å². The van der Waals surface area contributed by atoms with Crippen molar-refractivity contribution in [2.75, 3.05) is 26.2 Å². The summed E-state index contributed by atoms with van der Waals surface area (Å²) in [6.45, 7) is 3.32. The van der Waals surface area contributed by atoms with E-state index in [4.69, 9.17) is 4.74 Å². The Morgan fingerprint density at radius 1 is 1.24 bits per heavy atom. The highest BCUT2D eigenvalue weighted by atomic mass is 16.5. The molecule has 4 heteroatoms. The van der Waals surface area contributed by atoms with E-state index in [0.29, 0.717) is 18.6 Å². The molecule has 3 fully saturated rings. The van der Waals surface area contributed by atoms with Gasteiger partial charge in [-0.3, -0.25) is 4.79 Å². The summed E-state index contributed by atoms with van der Waals surface area (Å²) in [5.74, 6) is 0.800. The topological polar surface area (TPSA) is 41.6 Å². The molecule has 1 N–H and O–H groups in total. The van der Waals surface area contributed by atoms with E-state index in [1.807, 2.05) is 0 Å². The number of hydrogen-bond donors (Lipinski definition) is 1. The molecule has 2 atom stereocenters. The Morgan fingerprint density at radius 3 is 2.76 bits per heavy atom. The molecule has 0 radical (unpaired) electrons. The van der Waals surface area contributed by atoms with Crippen molar-refractivity contribution in [2.24, 2.45) is 5.92 Å². The number of hydrogen-bond acceptors (Lipinski definition) is 3. The van der Waals surface area contributed by atoms with Crippen LogP contribution in [0.3, 0.4) is 0 Å². The third-order valence-electron chi connectivity index (χ3n) is 4.49. The minimum atomic E-state index is 0.203. The summed E-state index contributed by atoms with van der Waals surface area (Å²) in [5.41, 5.74) is 0. The van der Waals surface area contributed by atoms with Crippen LogP contribution in [0.2, 0.25) is 0 Å². The van der Waals surface area contributed by atoms with Crippen molar-refractivity contribution in [1.82, 2.24) is 10.2 Å². The molecular formula is C13H22N2O2. The standard InChI is InChI=1S/C13H22N2O2/c16-13-9-17-12(10-3-2-6-14-7-10)8-15(13)11-4-1-5-11/h10-12,14H,1-9H2. The van der Waals surface area contributed by atoms with Gasteiger partial charge in [-0.1, -0.05) is 0 Å². The number of ether oxygens (including phenoxy) is 1. The Balaban J connectivity index is 1.60. The molecule has 0 aromatic carbocycles. The minimum Gasteiger partial charge on any atom is -0.366 e. The molecule has 2 heterocycles. The Bertz CT molecular complexity index is 285. The van der Waals surface area contributed by atoms with Crippen molar-refractivity contribution in [1.29, 1.82) is 0 Å². The molecule has 2 aliphatic heterocycles. The van der Waals surface area contributed by atoms with Gasteiger partial charge in [0.2, 0.25) is 5.91 Å². The summed E-state index contributed by atoms with van der Waals surface area (Å²) in [6, 6.07) is 0.519. The van der Waals surface area contributed by atoms with Crippen LogP contribution in [0.15, 0.2) is 0 Å².